The van der Waals surface area contributed by atoms with Gasteiger partial charge in [-0.3, -0.25) is 9.69 Å². The number of hydrogen-bond donors (Lipinski definition) is 1. The largest absolute Gasteiger partial charge is 0.463 e. The van der Waals surface area contributed by atoms with E-state index in [1.807, 2.05) is 25.1 Å². The topological polar surface area (TPSA) is 44.8 Å². The lowest BCUT2D eigenvalue weighted by Gasteiger charge is -2.36. The molecule has 0 unspecified atom stereocenters. The fraction of sp³-hybridized carbons (Fsp3) is 0.409. The predicted molar refractivity (Wildman–Crippen MR) is 113 cm³/mol. The molecule has 1 N–H and O–H groups in total. The molecule has 1 aliphatic heterocycles. The van der Waals surface area contributed by atoms with Gasteiger partial charge in [0, 0.05) is 38.4 Å². The van der Waals surface area contributed by atoms with Crippen LogP contribution in [0.1, 0.15) is 13.8 Å². The van der Waals surface area contributed by atoms with E-state index in [0.717, 1.165) is 32.7 Å². The van der Waals surface area contributed by atoms with Crippen molar-refractivity contribution in [3.8, 4) is 0 Å². The highest BCUT2D eigenvalue weighted by atomic mass is 19.1. The van der Waals surface area contributed by atoms with Crippen LogP contribution >= 0.6 is 0 Å². The number of carbonyl (C=O) groups excluding carboxylic acids is 1. The molecule has 1 aromatic carbocycles. The second-order valence-corrected chi connectivity index (χ2v) is 6.81. The zero-order valence-electron chi connectivity index (χ0n) is 16.7. The summed E-state index contributed by atoms with van der Waals surface area (Å²) in [6.45, 7) is 12.6. The fourth-order valence-electron chi connectivity index (χ4n) is 3.11. The zero-order chi connectivity index (χ0) is 20.4. The molecule has 6 heteroatoms. The van der Waals surface area contributed by atoms with Gasteiger partial charge in [-0.25, -0.2) is 4.39 Å². The third-order valence-corrected chi connectivity index (χ3v) is 4.77. The second-order valence-electron chi connectivity index (χ2n) is 6.81. The van der Waals surface area contributed by atoms with Crippen molar-refractivity contribution in [1.82, 2.24) is 4.90 Å². The molecule has 0 radical (unpaired) electrons. The van der Waals surface area contributed by atoms with Crippen LogP contribution in [0, 0.1) is 5.82 Å². The van der Waals surface area contributed by atoms with Gasteiger partial charge in [-0.2, -0.15) is 0 Å². The zero-order valence-corrected chi connectivity index (χ0v) is 16.7. The molecule has 0 bridgehead atoms. The lowest BCUT2D eigenvalue weighted by molar-refractivity contribution is -0.132. The van der Waals surface area contributed by atoms with Crippen molar-refractivity contribution in [1.29, 1.82) is 0 Å². The molecule has 0 aromatic heterocycles. The number of piperazine rings is 1. The summed E-state index contributed by atoms with van der Waals surface area (Å²) in [5, 5.41) is 3.08. The number of hydrogen-bond acceptors (Lipinski definition) is 5. The van der Waals surface area contributed by atoms with E-state index in [2.05, 4.69) is 33.8 Å². The third kappa shape index (κ3) is 6.53. The highest BCUT2D eigenvalue weighted by Crippen LogP contribution is 2.24. The van der Waals surface area contributed by atoms with Crippen molar-refractivity contribution < 1.29 is 13.9 Å². The minimum atomic E-state index is -0.267. The number of ether oxygens (including phenoxy) is 1. The molecule has 2 rings (SSSR count). The summed E-state index contributed by atoms with van der Waals surface area (Å²) in [5.74, 6) is -0.245. The molecule has 5 nitrogen and oxygen atoms in total. The van der Waals surface area contributed by atoms with Gasteiger partial charge < -0.3 is 15.0 Å². The summed E-state index contributed by atoms with van der Waals surface area (Å²) < 4.78 is 19.4. The second kappa shape index (κ2) is 11.3. The van der Waals surface area contributed by atoms with Crippen molar-refractivity contribution in [2.24, 2.45) is 0 Å². The van der Waals surface area contributed by atoms with Gasteiger partial charge in [-0.15, -0.1) is 0 Å². The Labute approximate surface area is 167 Å². The maximum Gasteiger partial charge on any atom is 0.293 e. The average molecular weight is 387 g/mol. The Morgan fingerprint density at radius 2 is 2.11 bits per heavy atom. The quantitative estimate of drug-likeness (QED) is 0.491. The number of halogens is 1. The average Bonchev–Trinajstić information content (AvgIpc) is 2.70. The van der Waals surface area contributed by atoms with E-state index in [9.17, 15) is 9.18 Å². The molecule has 1 saturated heterocycles. The van der Waals surface area contributed by atoms with Crippen LogP contribution in [0.5, 0.6) is 0 Å². The Balaban J connectivity index is 1.89. The van der Waals surface area contributed by atoms with Crippen molar-refractivity contribution in [2.75, 3.05) is 49.5 Å². The summed E-state index contributed by atoms with van der Waals surface area (Å²) in [5.41, 5.74) is 2.55. The van der Waals surface area contributed by atoms with Crippen LogP contribution in [0.3, 0.4) is 0 Å². The number of benzene rings is 1. The molecule has 1 aliphatic rings. The van der Waals surface area contributed by atoms with Crippen LogP contribution in [0.25, 0.3) is 0 Å². The predicted octanol–water partition coefficient (Wildman–Crippen LogP) is 3.61. The van der Waals surface area contributed by atoms with Gasteiger partial charge in [0.2, 0.25) is 0 Å². The highest BCUT2D eigenvalue weighted by molar-refractivity contribution is 5.56. The number of nitrogens with zero attached hydrogens (tertiary/aromatic N) is 2. The molecule has 0 amide bonds. The van der Waals surface area contributed by atoms with Gasteiger partial charge in [0.15, 0.2) is 0 Å². The minimum absolute atomic E-state index is 0.245. The molecule has 1 atom stereocenters. The molecular formula is C22H30FN3O2. The smallest absolute Gasteiger partial charge is 0.293 e. The Morgan fingerprint density at radius 1 is 1.36 bits per heavy atom. The SMILES string of the molecule is C=C/C=C\C(=CC)CN1CCN(c2ccc(NC[C@H](C)OC=O)cc2F)CC1. The fourth-order valence-corrected chi connectivity index (χ4v) is 3.11. The van der Waals surface area contributed by atoms with E-state index in [0.29, 0.717) is 24.4 Å². The van der Waals surface area contributed by atoms with Gasteiger partial charge in [0.05, 0.1) is 12.2 Å². The standard InChI is InChI=1S/C22H30FN3O2/c1-4-6-7-19(5-2)16-25-10-12-26(13-11-25)22-9-8-20(14-21(22)23)24-15-18(3)28-17-27/h4-9,14,17-18,24H,1,10-13,15-16H2,2-3H3/b7-6-,19-5?/t18-/m0/s1. The molecule has 28 heavy (non-hydrogen) atoms. The van der Waals surface area contributed by atoms with Gasteiger partial charge in [0.25, 0.3) is 6.47 Å². The van der Waals surface area contributed by atoms with E-state index in [1.54, 1.807) is 13.0 Å². The first kappa shape index (κ1) is 21.7. The first-order valence-electron chi connectivity index (χ1n) is 9.61. The van der Waals surface area contributed by atoms with E-state index in [-0.39, 0.29) is 11.9 Å². The highest BCUT2D eigenvalue weighted by Gasteiger charge is 2.20. The number of carbonyl (C=O) groups is 1. The Morgan fingerprint density at radius 3 is 2.71 bits per heavy atom. The number of rotatable bonds is 10. The summed E-state index contributed by atoms with van der Waals surface area (Å²) >= 11 is 0. The number of nitrogens with one attached hydrogen (secondary N) is 1. The molecule has 1 aromatic rings. The molecular weight excluding hydrogens is 357 g/mol. The Kier molecular flexibility index (Phi) is 8.75. The summed E-state index contributed by atoms with van der Waals surface area (Å²) in [6, 6.07) is 5.16. The molecule has 152 valence electrons. The van der Waals surface area contributed by atoms with Gasteiger partial charge in [-0.05, 0) is 37.6 Å². The number of anilines is 2. The summed E-state index contributed by atoms with van der Waals surface area (Å²) in [6.07, 6.45) is 7.64. The van der Waals surface area contributed by atoms with Crippen LogP contribution in [-0.4, -0.2) is 56.7 Å². The Hall–Kier alpha value is -2.60. The van der Waals surface area contributed by atoms with Crippen LogP contribution in [-0.2, 0) is 9.53 Å². The van der Waals surface area contributed by atoms with Gasteiger partial charge in [-0.1, -0.05) is 30.9 Å². The Bertz CT molecular complexity index is 710. The molecule has 1 heterocycles. The van der Waals surface area contributed by atoms with Crippen molar-refractivity contribution in [3.05, 3.63) is 60.5 Å². The van der Waals surface area contributed by atoms with Gasteiger partial charge in [0.1, 0.15) is 11.9 Å². The summed E-state index contributed by atoms with van der Waals surface area (Å²) in [7, 11) is 0. The van der Waals surface area contributed by atoms with Crippen LogP contribution in [0.4, 0.5) is 15.8 Å². The minimum Gasteiger partial charge on any atom is -0.463 e. The van der Waals surface area contributed by atoms with E-state index >= 15 is 0 Å². The van der Waals surface area contributed by atoms with Crippen molar-refractivity contribution in [2.45, 2.75) is 20.0 Å². The lowest BCUT2D eigenvalue weighted by Crippen LogP contribution is -2.47. The normalized spacial score (nSPS) is 16.8. The van der Waals surface area contributed by atoms with Crippen molar-refractivity contribution >= 4 is 17.8 Å². The maximum absolute atomic E-state index is 14.6. The first-order valence-corrected chi connectivity index (χ1v) is 9.61. The van der Waals surface area contributed by atoms with E-state index in [4.69, 9.17) is 4.74 Å². The monoisotopic (exact) mass is 387 g/mol. The molecule has 0 aliphatic carbocycles. The maximum atomic E-state index is 14.6. The van der Waals surface area contributed by atoms with Crippen molar-refractivity contribution in [3.63, 3.8) is 0 Å². The van der Waals surface area contributed by atoms with E-state index in [1.165, 1.54) is 11.6 Å². The molecule has 1 fully saturated rings. The lowest BCUT2D eigenvalue weighted by atomic mass is 10.1. The first-order chi connectivity index (χ1) is 13.6. The molecule has 0 saturated carbocycles. The summed E-state index contributed by atoms with van der Waals surface area (Å²) in [4.78, 5) is 14.8. The van der Waals surface area contributed by atoms with Crippen LogP contribution in [0.15, 0.2) is 54.7 Å². The van der Waals surface area contributed by atoms with Crippen LogP contribution in [0.2, 0.25) is 0 Å². The van der Waals surface area contributed by atoms with Crippen LogP contribution < -0.4 is 10.2 Å². The van der Waals surface area contributed by atoms with Gasteiger partial charge >= 0.3 is 0 Å². The van der Waals surface area contributed by atoms with E-state index < -0.39 is 0 Å². The molecule has 0 spiro atoms. The number of allylic oxidation sites excluding steroid dienone is 3. The third-order valence-electron chi connectivity index (χ3n) is 4.77.